The molecule has 0 radical (unpaired) electrons. The van der Waals surface area contributed by atoms with Gasteiger partial charge in [-0.15, -0.1) is 0 Å². The number of rotatable bonds is 3. The second-order valence-electron chi connectivity index (χ2n) is 4.59. The van der Waals surface area contributed by atoms with E-state index in [4.69, 9.17) is 0 Å². The lowest BCUT2D eigenvalue weighted by molar-refractivity contribution is 0.123. The van der Waals surface area contributed by atoms with Crippen LogP contribution in [0.15, 0.2) is 12.3 Å². The van der Waals surface area contributed by atoms with E-state index in [0.29, 0.717) is 6.04 Å². The van der Waals surface area contributed by atoms with E-state index >= 15 is 0 Å². The highest BCUT2D eigenvalue weighted by atomic mass is 15.2. The maximum atomic E-state index is 3.39. The van der Waals surface area contributed by atoms with Crippen LogP contribution in [0.5, 0.6) is 0 Å². The van der Waals surface area contributed by atoms with Crippen molar-refractivity contribution in [2.45, 2.75) is 52.1 Å². The third kappa shape index (κ3) is 1.83. The van der Waals surface area contributed by atoms with Crippen molar-refractivity contribution < 1.29 is 0 Å². The third-order valence-electron chi connectivity index (χ3n) is 3.68. The van der Waals surface area contributed by atoms with Crippen molar-refractivity contribution in [3.63, 3.8) is 0 Å². The van der Waals surface area contributed by atoms with E-state index in [1.807, 2.05) is 0 Å². The molecule has 1 aromatic heterocycles. The second-order valence-corrected chi connectivity index (χ2v) is 4.59. The molecule has 0 saturated heterocycles. The molecule has 2 heteroatoms. The van der Waals surface area contributed by atoms with Gasteiger partial charge in [-0.2, -0.15) is 0 Å². The highest BCUT2D eigenvalue weighted by molar-refractivity contribution is 5.27. The minimum absolute atomic E-state index is 0.588. The quantitative estimate of drug-likeness (QED) is 0.805. The Morgan fingerprint density at radius 1 is 1.47 bits per heavy atom. The topological polar surface area (TPSA) is 19.0 Å². The van der Waals surface area contributed by atoms with Gasteiger partial charge in [-0.05, 0) is 37.9 Å². The van der Waals surface area contributed by atoms with Crippen molar-refractivity contribution in [1.29, 1.82) is 0 Å². The molecule has 0 fully saturated rings. The summed E-state index contributed by atoms with van der Waals surface area (Å²) in [4.78, 5) is 6.05. The fourth-order valence-electron chi connectivity index (χ4n) is 2.85. The van der Waals surface area contributed by atoms with Crippen LogP contribution in [0.2, 0.25) is 0 Å². The van der Waals surface area contributed by atoms with Crippen molar-refractivity contribution in [3.8, 4) is 0 Å². The molecular formula is C13H22N2. The zero-order valence-electron chi connectivity index (χ0n) is 10.1. The lowest BCUT2D eigenvalue weighted by Gasteiger charge is -2.40. The number of aromatic nitrogens is 1. The Bertz CT molecular complexity index is 316. The summed E-state index contributed by atoms with van der Waals surface area (Å²) in [5, 5.41) is 0. The van der Waals surface area contributed by atoms with Crippen LogP contribution in [-0.4, -0.2) is 22.5 Å². The van der Waals surface area contributed by atoms with Crippen molar-refractivity contribution in [3.05, 3.63) is 23.5 Å². The molecule has 2 nitrogen and oxygen atoms in total. The van der Waals surface area contributed by atoms with Gasteiger partial charge in [0.2, 0.25) is 0 Å². The fourth-order valence-corrected chi connectivity index (χ4v) is 2.85. The van der Waals surface area contributed by atoms with Gasteiger partial charge in [0.1, 0.15) is 0 Å². The summed E-state index contributed by atoms with van der Waals surface area (Å²) in [6.07, 6.45) is 5.79. The molecule has 0 aromatic carbocycles. The molecule has 1 N–H and O–H groups in total. The lowest BCUT2D eigenvalue weighted by atomic mass is 9.93. The number of hydrogen-bond acceptors (Lipinski definition) is 1. The van der Waals surface area contributed by atoms with Crippen LogP contribution in [0.4, 0.5) is 0 Å². The minimum Gasteiger partial charge on any atom is -0.365 e. The average molecular weight is 206 g/mol. The monoisotopic (exact) mass is 206 g/mol. The zero-order valence-corrected chi connectivity index (χ0v) is 10.1. The molecule has 1 aliphatic rings. The van der Waals surface area contributed by atoms with E-state index in [1.54, 1.807) is 0 Å². The number of aromatic amines is 1. The average Bonchev–Trinajstić information content (AvgIpc) is 2.70. The van der Waals surface area contributed by atoms with Gasteiger partial charge >= 0.3 is 0 Å². The Morgan fingerprint density at radius 3 is 2.93 bits per heavy atom. The first-order valence-electron chi connectivity index (χ1n) is 6.19. The van der Waals surface area contributed by atoms with E-state index in [-0.39, 0.29) is 0 Å². The summed E-state index contributed by atoms with van der Waals surface area (Å²) in [5.41, 5.74) is 2.97. The van der Waals surface area contributed by atoms with E-state index < -0.39 is 0 Å². The van der Waals surface area contributed by atoms with Gasteiger partial charge in [-0.3, -0.25) is 4.90 Å². The van der Waals surface area contributed by atoms with Gasteiger partial charge in [0.05, 0.1) is 0 Å². The minimum atomic E-state index is 0.588. The van der Waals surface area contributed by atoms with Gasteiger partial charge in [-0.25, -0.2) is 0 Å². The molecule has 0 amide bonds. The summed E-state index contributed by atoms with van der Waals surface area (Å²) < 4.78 is 0. The molecule has 2 rings (SSSR count). The molecule has 0 unspecified atom stereocenters. The zero-order chi connectivity index (χ0) is 10.8. The normalized spacial score (nSPS) is 26.6. The Balaban J connectivity index is 2.25. The SMILES string of the molecule is CCCN1[C@@H](CC)Cc2[nH]ccc2[C@H]1C. The molecule has 84 valence electrons. The van der Waals surface area contributed by atoms with Crippen LogP contribution in [0, 0.1) is 0 Å². The Morgan fingerprint density at radius 2 is 2.27 bits per heavy atom. The highest BCUT2D eigenvalue weighted by Gasteiger charge is 2.30. The molecule has 15 heavy (non-hydrogen) atoms. The molecule has 0 bridgehead atoms. The number of nitrogens with one attached hydrogen (secondary N) is 1. The standard InChI is InChI=1S/C13H22N2/c1-4-8-15-10(3)12-6-7-14-13(12)9-11(15)5-2/h6-7,10-11,14H,4-5,8-9H2,1-3H3/t10-,11+/m1/s1. The largest absolute Gasteiger partial charge is 0.365 e. The first kappa shape index (κ1) is 10.7. The fraction of sp³-hybridized carbons (Fsp3) is 0.692. The van der Waals surface area contributed by atoms with Gasteiger partial charge in [-0.1, -0.05) is 13.8 Å². The van der Waals surface area contributed by atoms with Crippen LogP contribution in [-0.2, 0) is 6.42 Å². The maximum Gasteiger partial charge on any atom is 0.0340 e. The Hall–Kier alpha value is -0.760. The van der Waals surface area contributed by atoms with Crippen LogP contribution < -0.4 is 0 Å². The molecule has 0 saturated carbocycles. The van der Waals surface area contributed by atoms with Crippen molar-refractivity contribution >= 4 is 0 Å². The van der Waals surface area contributed by atoms with Crippen LogP contribution in [0.25, 0.3) is 0 Å². The van der Waals surface area contributed by atoms with Crippen LogP contribution in [0.1, 0.15) is 50.9 Å². The Labute approximate surface area is 92.7 Å². The summed E-state index contributed by atoms with van der Waals surface area (Å²) in [7, 11) is 0. The van der Waals surface area contributed by atoms with Gasteiger partial charge in [0.15, 0.2) is 0 Å². The number of fused-ring (bicyclic) bond motifs is 1. The van der Waals surface area contributed by atoms with Crippen molar-refractivity contribution in [2.75, 3.05) is 6.54 Å². The summed E-state index contributed by atoms with van der Waals surface area (Å²) >= 11 is 0. The van der Waals surface area contributed by atoms with Crippen molar-refractivity contribution in [1.82, 2.24) is 9.88 Å². The van der Waals surface area contributed by atoms with E-state index in [0.717, 1.165) is 6.04 Å². The van der Waals surface area contributed by atoms with Gasteiger partial charge in [0.25, 0.3) is 0 Å². The molecule has 1 aliphatic heterocycles. The molecular weight excluding hydrogens is 184 g/mol. The van der Waals surface area contributed by atoms with Gasteiger partial charge < -0.3 is 4.98 Å². The maximum absolute atomic E-state index is 3.39. The lowest BCUT2D eigenvalue weighted by Crippen LogP contribution is -2.42. The van der Waals surface area contributed by atoms with Crippen LogP contribution >= 0.6 is 0 Å². The molecule has 0 aliphatic carbocycles. The third-order valence-corrected chi connectivity index (χ3v) is 3.68. The molecule has 2 atom stereocenters. The number of hydrogen-bond donors (Lipinski definition) is 1. The summed E-state index contributed by atoms with van der Waals surface area (Å²) in [6.45, 7) is 8.13. The smallest absolute Gasteiger partial charge is 0.0340 e. The predicted octanol–water partition coefficient (Wildman–Crippen LogP) is 3.12. The first-order valence-corrected chi connectivity index (χ1v) is 6.19. The van der Waals surface area contributed by atoms with Gasteiger partial charge in [0, 0.05) is 30.4 Å². The van der Waals surface area contributed by atoms with Crippen molar-refractivity contribution in [2.24, 2.45) is 0 Å². The predicted molar refractivity (Wildman–Crippen MR) is 64.0 cm³/mol. The molecule has 1 aromatic rings. The molecule has 2 heterocycles. The van der Waals surface area contributed by atoms with E-state index in [1.165, 1.54) is 37.1 Å². The number of nitrogens with zero attached hydrogens (tertiary/aromatic N) is 1. The van der Waals surface area contributed by atoms with Crippen LogP contribution in [0.3, 0.4) is 0 Å². The summed E-state index contributed by atoms with van der Waals surface area (Å²) in [5.74, 6) is 0. The number of H-pyrrole nitrogens is 1. The molecule has 0 spiro atoms. The second kappa shape index (κ2) is 4.40. The van der Waals surface area contributed by atoms with E-state index in [9.17, 15) is 0 Å². The summed E-state index contributed by atoms with van der Waals surface area (Å²) in [6, 6.07) is 3.56. The highest BCUT2D eigenvalue weighted by Crippen LogP contribution is 2.33. The first-order chi connectivity index (χ1) is 7.27. The van der Waals surface area contributed by atoms with E-state index in [2.05, 4.69) is 42.9 Å². The Kier molecular flexibility index (Phi) is 3.15.